The summed E-state index contributed by atoms with van der Waals surface area (Å²) in [5, 5.41) is 9.47. The van der Waals surface area contributed by atoms with Crippen molar-refractivity contribution < 1.29 is 51.6 Å². The fourth-order valence-electron chi connectivity index (χ4n) is 2.67. The van der Waals surface area contributed by atoms with Crippen LogP contribution >= 0.6 is 0 Å². The average Bonchev–Trinajstić information content (AvgIpc) is 2.83. The van der Waals surface area contributed by atoms with Crippen molar-refractivity contribution in [3.8, 4) is 0 Å². The van der Waals surface area contributed by atoms with Crippen LogP contribution in [0.3, 0.4) is 0 Å². The second kappa shape index (κ2) is 15.4. The number of aliphatic hydroxyl groups is 1. The van der Waals surface area contributed by atoms with Crippen molar-refractivity contribution in [1.82, 2.24) is 0 Å². The molecule has 0 saturated heterocycles. The van der Waals surface area contributed by atoms with Crippen molar-refractivity contribution in [2.24, 2.45) is 0 Å². The molecule has 1 nitrogen and oxygen atoms in total. The van der Waals surface area contributed by atoms with Gasteiger partial charge in [-0.1, -0.05) is 45.9 Å². The van der Waals surface area contributed by atoms with E-state index in [4.69, 9.17) is 5.11 Å². The summed E-state index contributed by atoms with van der Waals surface area (Å²) >= 11 is 0. The minimum absolute atomic E-state index is 0. The summed E-state index contributed by atoms with van der Waals surface area (Å²) in [6.07, 6.45) is 1.08. The first-order valence-corrected chi connectivity index (χ1v) is 8.39. The Morgan fingerprint density at radius 1 is 0.852 bits per heavy atom. The molecule has 1 N–H and O–H groups in total. The molecule has 2 aromatic carbocycles. The normalized spacial score (nSPS) is 12.2. The SMILES string of the molecule is CC1=C(C)C(C)=C(c2[c-]c3ccccc3cc2)C1.CO.C[C-](C)C.[Cl-].[Cl-].[Ti+4]. The molecule has 0 atom stereocenters. The molecule has 4 heteroatoms. The molecule has 146 valence electrons. The Morgan fingerprint density at radius 3 is 1.85 bits per heavy atom. The standard InChI is InChI=1S/C18H17.C4H9.CH4O.2ClH.Ti/c1-12-10-18(14(3)13(12)2)17-9-8-15-6-4-5-7-16(15)11-17;1-4(2)3;1-2;;;/h4-9H,10H2,1-3H3;1-3H3;2H,1H3;2*1H;/q2*-1;;;;+4/p-2. The third-order valence-electron chi connectivity index (χ3n) is 4.08. The molecule has 0 radical (unpaired) electrons. The summed E-state index contributed by atoms with van der Waals surface area (Å²) in [5.41, 5.74) is 7.06. The fraction of sp³-hybridized carbons (Fsp3) is 0.348. The quantitative estimate of drug-likeness (QED) is 0.502. The average molecular weight is 441 g/mol. The zero-order valence-electron chi connectivity index (χ0n) is 17.4. The van der Waals surface area contributed by atoms with E-state index in [2.05, 4.69) is 84.0 Å². The van der Waals surface area contributed by atoms with Crippen LogP contribution in [0.2, 0.25) is 0 Å². The Hall–Kier alpha value is -0.566. The molecule has 0 aliphatic heterocycles. The van der Waals surface area contributed by atoms with Gasteiger partial charge in [0.2, 0.25) is 0 Å². The van der Waals surface area contributed by atoms with Gasteiger partial charge in [-0.15, -0.1) is 35.2 Å². The van der Waals surface area contributed by atoms with Crippen molar-refractivity contribution in [1.29, 1.82) is 0 Å². The Kier molecular flexibility index (Phi) is 17.7. The number of allylic oxidation sites excluding steroid dienone is 4. The molecule has 1 aliphatic rings. The Balaban J connectivity index is -0.000000574. The number of fused-ring (bicyclic) bond motifs is 1. The molecule has 0 spiro atoms. The number of benzene rings is 2. The van der Waals surface area contributed by atoms with Gasteiger partial charge < -0.3 is 35.8 Å². The predicted molar refractivity (Wildman–Crippen MR) is 107 cm³/mol. The molecular formula is C23H30Cl2OTi. The van der Waals surface area contributed by atoms with Crippen LogP contribution in [0, 0.1) is 12.0 Å². The Labute approximate surface area is 193 Å². The number of rotatable bonds is 1. The van der Waals surface area contributed by atoms with Crippen molar-refractivity contribution in [3.05, 3.63) is 70.7 Å². The number of hydrogen-bond donors (Lipinski definition) is 1. The molecule has 27 heavy (non-hydrogen) atoms. The number of aliphatic hydroxyl groups excluding tert-OH is 1. The van der Waals surface area contributed by atoms with Gasteiger partial charge >= 0.3 is 21.7 Å². The van der Waals surface area contributed by atoms with Gasteiger partial charge in [0.25, 0.3) is 0 Å². The predicted octanol–water partition coefficient (Wildman–Crippen LogP) is 0.388. The van der Waals surface area contributed by atoms with Crippen molar-refractivity contribution >= 4 is 16.3 Å². The molecule has 0 amide bonds. The zero-order chi connectivity index (χ0) is 18.3. The topological polar surface area (TPSA) is 20.2 Å². The van der Waals surface area contributed by atoms with Gasteiger partial charge in [0.1, 0.15) is 0 Å². The summed E-state index contributed by atoms with van der Waals surface area (Å²) in [7, 11) is 1.00. The smallest absolute Gasteiger partial charge is 1.00 e. The van der Waals surface area contributed by atoms with Gasteiger partial charge in [0.15, 0.2) is 0 Å². The van der Waals surface area contributed by atoms with Crippen molar-refractivity contribution in [2.45, 2.75) is 48.0 Å². The first-order valence-electron chi connectivity index (χ1n) is 8.39. The van der Waals surface area contributed by atoms with Crippen LogP contribution in [-0.4, -0.2) is 12.2 Å². The molecule has 0 bridgehead atoms. The van der Waals surface area contributed by atoms with E-state index < -0.39 is 0 Å². The molecule has 0 unspecified atom stereocenters. The fourth-order valence-corrected chi connectivity index (χ4v) is 2.67. The number of hydrogen-bond acceptors (Lipinski definition) is 1. The Morgan fingerprint density at radius 2 is 1.37 bits per heavy atom. The van der Waals surface area contributed by atoms with Gasteiger partial charge in [0, 0.05) is 7.11 Å². The van der Waals surface area contributed by atoms with E-state index in [0.717, 1.165) is 13.5 Å². The molecule has 1 aliphatic carbocycles. The molecule has 0 aromatic heterocycles. The third kappa shape index (κ3) is 8.98. The first-order chi connectivity index (χ1) is 11.4. The maximum absolute atomic E-state index is 7.00. The van der Waals surface area contributed by atoms with Gasteiger partial charge in [-0.05, 0) is 27.2 Å². The van der Waals surface area contributed by atoms with E-state index in [9.17, 15) is 0 Å². The van der Waals surface area contributed by atoms with Gasteiger partial charge in [0.05, 0.1) is 0 Å². The molecule has 0 heterocycles. The van der Waals surface area contributed by atoms with Crippen LogP contribution in [-0.2, 0) is 21.7 Å². The Bertz CT molecular complexity index is 746. The largest absolute Gasteiger partial charge is 4.00 e. The number of halogens is 2. The van der Waals surface area contributed by atoms with Crippen LogP contribution < -0.4 is 24.8 Å². The second-order valence-corrected chi connectivity index (χ2v) is 6.64. The minimum Gasteiger partial charge on any atom is -1.00 e. The monoisotopic (exact) mass is 440 g/mol. The minimum atomic E-state index is 0. The van der Waals surface area contributed by atoms with E-state index in [1.165, 1.54) is 44.5 Å². The molecular weight excluding hydrogens is 411 g/mol. The third-order valence-corrected chi connectivity index (χ3v) is 4.08. The summed E-state index contributed by atoms with van der Waals surface area (Å²) in [6, 6.07) is 16.4. The van der Waals surface area contributed by atoms with E-state index in [1.54, 1.807) is 0 Å². The van der Waals surface area contributed by atoms with Crippen molar-refractivity contribution in [2.75, 3.05) is 7.11 Å². The van der Waals surface area contributed by atoms with Crippen LogP contribution in [0.15, 0.2) is 53.1 Å². The van der Waals surface area contributed by atoms with E-state index >= 15 is 0 Å². The van der Waals surface area contributed by atoms with Gasteiger partial charge in [-0.3, -0.25) is 0 Å². The summed E-state index contributed by atoms with van der Waals surface area (Å²) in [6.45, 7) is 12.9. The van der Waals surface area contributed by atoms with E-state index in [1.807, 2.05) is 0 Å². The van der Waals surface area contributed by atoms with E-state index in [-0.39, 0.29) is 46.5 Å². The van der Waals surface area contributed by atoms with E-state index in [0.29, 0.717) is 0 Å². The van der Waals surface area contributed by atoms with Crippen LogP contribution in [0.1, 0.15) is 53.5 Å². The van der Waals surface area contributed by atoms with Crippen LogP contribution in [0.25, 0.3) is 16.3 Å². The maximum Gasteiger partial charge on any atom is 4.00 e. The molecule has 2 aromatic rings. The first kappa shape index (κ1) is 31.1. The van der Waals surface area contributed by atoms with Gasteiger partial charge in [-0.25, -0.2) is 0 Å². The molecule has 3 rings (SSSR count). The molecule has 0 saturated carbocycles. The maximum atomic E-state index is 7.00. The van der Waals surface area contributed by atoms with Crippen molar-refractivity contribution in [3.63, 3.8) is 0 Å². The summed E-state index contributed by atoms with van der Waals surface area (Å²) < 4.78 is 0. The van der Waals surface area contributed by atoms with Gasteiger partial charge in [-0.2, -0.15) is 20.8 Å². The molecule has 0 fully saturated rings. The summed E-state index contributed by atoms with van der Waals surface area (Å²) in [5.74, 6) is 1.42. The summed E-state index contributed by atoms with van der Waals surface area (Å²) in [4.78, 5) is 0. The van der Waals surface area contributed by atoms with Crippen LogP contribution in [0.4, 0.5) is 0 Å². The second-order valence-electron chi connectivity index (χ2n) is 6.64. The van der Waals surface area contributed by atoms with Crippen LogP contribution in [0.5, 0.6) is 0 Å². The zero-order valence-corrected chi connectivity index (χ0v) is 20.4.